The van der Waals surface area contributed by atoms with Crippen molar-refractivity contribution in [3.63, 3.8) is 0 Å². The van der Waals surface area contributed by atoms with Crippen LogP contribution in [0.3, 0.4) is 0 Å². The Labute approximate surface area is 150 Å². The molecule has 136 valence electrons. The zero-order valence-electron chi connectivity index (χ0n) is 13.4. The van der Waals surface area contributed by atoms with Gasteiger partial charge in [0.1, 0.15) is 23.0 Å². The average Bonchev–Trinajstić information content (AvgIpc) is 3.19. The molecular formula is C17H16N2O6S. The molecule has 3 aromatic rings. The Morgan fingerprint density at radius 2 is 1.88 bits per heavy atom. The molecule has 9 heteroatoms. The minimum absolute atomic E-state index is 0.307. The van der Waals surface area contributed by atoms with E-state index in [1.165, 1.54) is 11.3 Å². The first-order chi connectivity index (χ1) is 12.5. The first-order valence-corrected chi connectivity index (χ1v) is 8.84. The van der Waals surface area contributed by atoms with Gasteiger partial charge in [-0.2, -0.15) is 0 Å². The van der Waals surface area contributed by atoms with Gasteiger partial charge in [0, 0.05) is 10.9 Å². The predicted octanol–water partition coefficient (Wildman–Crippen LogP) is 0.0298. The SMILES string of the molecule is O=c1[nH]c2c(-c3ccccc3)csc2c(=O)n1[C@@H]1O[C@H](CO)[C@@H](O)[C@H]1O. The Morgan fingerprint density at radius 1 is 1.15 bits per heavy atom. The van der Waals surface area contributed by atoms with Crippen LogP contribution in [0.2, 0.25) is 0 Å². The molecule has 1 saturated heterocycles. The van der Waals surface area contributed by atoms with E-state index in [0.29, 0.717) is 10.2 Å². The normalized spacial score (nSPS) is 25.8. The molecule has 1 aromatic carbocycles. The van der Waals surface area contributed by atoms with Crippen LogP contribution < -0.4 is 11.2 Å². The minimum atomic E-state index is -1.50. The molecular weight excluding hydrogens is 360 g/mol. The Kier molecular flexibility index (Phi) is 4.25. The lowest BCUT2D eigenvalue weighted by Crippen LogP contribution is -2.42. The lowest BCUT2D eigenvalue weighted by atomic mass is 10.1. The molecule has 0 aliphatic carbocycles. The van der Waals surface area contributed by atoms with E-state index in [-0.39, 0.29) is 0 Å². The summed E-state index contributed by atoms with van der Waals surface area (Å²) >= 11 is 1.17. The van der Waals surface area contributed by atoms with Crippen molar-refractivity contribution in [1.29, 1.82) is 0 Å². The second kappa shape index (κ2) is 6.45. The summed E-state index contributed by atoms with van der Waals surface area (Å²) in [6.45, 7) is -0.541. The van der Waals surface area contributed by atoms with Crippen LogP contribution in [0.5, 0.6) is 0 Å². The van der Waals surface area contributed by atoms with Gasteiger partial charge in [-0.25, -0.2) is 9.36 Å². The van der Waals surface area contributed by atoms with Crippen LogP contribution in [0.15, 0.2) is 45.3 Å². The fourth-order valence-corrected chi connectivity index (χ4v) is 4.13. The molecule has 0 amide bonds. The molecule has 4 rings (SSSR count). The predicted molar refractivity (Wildman–Crippen MR) is 95.2 cm³/mol. The van der Waals surface area contributed by atoms with Gasteiger partial charge in [0.05, 0.1) is 12.1 Å². The summed E-state index contributed by atoms with van der Waals surface area (Å²) < 4.78 is 6.37. The van der Waals surface area contributed by atoms with Crippen LogP contribution >= 0.6 is 11.3 Å². The fraction of sp³-hybridized carbons (Fsp3) is 0.294. The molecule has 0 saturated carbocycles. The molecule has 0 bridgehead atoms. The summed E-state index contributed by atoms with van der Waals surface area (Å²) in [6.07, 6.45) is -5.34. The number of hydrogen-bond donors (Lipinski definition) is 4. The molecule has 2 aromatic heterocycles. The second-order valence-electron chi connectivity index (χ2n) is 6.05. The van der Waals surface area contributed by atoms with Gasteiger partial charge in [0.25, 0.3) is 5.56 Å². The van der Waals surface area contributed by atoms with E-state index in [2.05, 4.69) is 4.98 Å². The molecule has 8 nitrogen and oxygen atoms in total. The van der Waals surface area contributed by atoms with Crippen molar-refractivity contribution in [2.75, 3.05) is 6.61 Å². The van der Waals surface area contributed by atoms with Crippen molar-refractivity contribution in [3.05, 3.63) is 56.5 Å². The van der Waals surface area contributed by atoms with Gasteiger partial charge in [0.15, 0.2) is 6.23 Å². The molecule has 0 unspecified atom stereocenters. The quantitative estimate of drug-likeness (QED) is 0.511. The van der Waals surface area contributed by atoms with E-state index in [1.54, 1.807) is 5.38 Å². The fourth-order valence-electron chi connectivity index (χ4n) is 3.16. The van der Waals surface area contributed by atoms with Crippen LogP contribution in [0.25, 0.3) is 21.3 Å². The van der Waals surface area contributed by atoms with Crippen molar-refractivity contribution in [3.8, 4) is 11.1 Å². The Balaban J connectivity index is 1.87. The standard InChI is InChI=1S/C17H16N2O6S/c20-6-10-12(21)13(22)16(25-10)19-15(23)14-11(18-17(19)24)9(7-26-14)8-4-2-1-3-5-8/h1-5,7,10,12-13,16,20-22H,6H2,(H,18,24)/t10-,12-,13-,16-/m1/s1. The van der Waals surface area contributed by atoms with E-state index in [4.69, 9.17) is 4.74 Å². The van der Waals surface area contributed by atoms with Crippen LogP contribution in [0, 0.1) is 0 Å². The summed E-state index contributed by atoms with van der Waals surface area (Å²) in [5.74, 6) is 0. The van der Waals surface area contributed by atoms with E-state index in [1.807, 2.05) is 30.3 Å². The monoisotopic (exact) mass is 376 g/mol. The summed E-state index contributed by atoms with van der Waals surface area (Å²) in [6, 6.07) is 9.33. The zero-order chi connectivity index (χ0) is 18.4. The molecule has 26 heavy (non-hydrogen) atoms. The van der Waals surface area contributed by atoms with Crippen molar-refractivity contribution >= 4 is 21.6 Å². The Morgan fingerprint density at radius 3 is 2.54 bits per heavy atom. The van der Waals surface area contributed by atoms with Gasteiger partial charge in [-0.15, -0.1) is 11.3 Å². The molecule has 3 heterocycles. The highest BCUT2D eigenvalue weighted by Crippen LogP contribution is 2.31. The van der Waals surface area contributed by atoms with Crippen molar-refractivity contribution < 1.29 is 20.1 Å². The molecule has 4 atom stereocenters. The maximum atomic E-state index is 12.8. The van der Waals surface area contributed by atoms with Gasteiger partial charge < -0.3 is 25.0 Å². The lowest BCUT2D eigenvalue weighted by molar-refractivity contribution is -0.0561. The molecule has 0 radical (unpaired) electrons. The largest absolute Gasteiger partial charge is 0.394 e. The lowest BCUT2D eigenvalue weighted by Gasteiger charge is -2.16. The van der Waals surface area contributed by atoms with E-state index < -0.39 is 42.4 Å². The number of aromatic amines is 1. The third-order valence-electron chi connectivity index (χ3n) is 4.51. The summed E-state index contributed by atoms with van der Waals surface area (Å²) in [5, 5.41) is 31.0. The molecule has 0 spiro atoms. The van der Waals surface area contributed by atoms with Crippen molar-refractivity contribution in [2.24, 2.45) is 0 Å². The van der Waals surface area contributed by atoms with Gasteiger partial charge in [0.2, 0.25) is 0 Å². The van der Waals surface area contributed by atoms with Gasteiger partial charge in [-0.05, 0) is 5.56 Å². The van der Waals surface area contributed by atoms with Crippen LogP contribution in [0.1, 0.15) is 6.23 Å². The number of H-pyrrole nitrogens is 1. The average molecular weight is 376 g/mol. The van der Waals surface area contributed by atoms with E-state index in [9.17, 15) is 24.9 Å². The molecule has 4 N–H and O–H groups in total. The number of fused-ring (bicyclic) bond motifs is 1. The number of nitrogens with zero attached hydrogens (tertiary/aromatic N) is 1. The van der Waals surface area contributed by atoms with Crippen LogP contribution in [-0.2, 0) is 4.74 Å². The number of aliphatic hydroxyl groups is 3. The number of aliphatic hydroxyl groups excluding tert-OH is 3. The van der Waals surface area contributed by atoms with Gasteiger partial charge in [-0.1, -0.05) is 30.3 Å². The molecule has 1 aliphatic rings. The summed E-state index contributed by atoms with van der Waals surface area (Å²) in [4.78, 5) is 28.1. The van der Waals surface area contributed by atoms with Crippen LogP contribution in [-0.4, -0.2) is 49.8 Å². The maximum absolute atomic E-state index is 12.8. The number of thiophene rings is 1. The summed E-state index contributed by atoms with van der Waals surface area (Å²) in [7, 11) is 0. The first-order valence-electron chi connectivity index (χ1n) is 7.97. The molecule has 1 fully saturated rings. The van der Waals surface area contributed by atoms with Crippen LogP contribution in [0.4, 0.5) is 0 Å². The minimum Gasteiger partial charge on any atom is -0.394 e. The highest BCUT2D eigenvalue weighted by molar-refractivity contribution is 7.17. The number of hydrogen-bond acceptors (Lipinski definition) is 7. The number of aromatic nitrogens is 2. The maximum Gasteiger partial charge on any atom is 0.331 e. The van der Waals surface area contributed by atoms with Crippen molar-refractivity contribution in [1.82, 2.24) is 9.55 Å². The van der Waals surface area contributed by atoms with E-state index in [0.717, 1.165) is 15.7 Å². The van der Waals surface area contributed by atoms with E-state index >= 15 is 0 Å². The van der Waals surface area contributed by atoms with Gasteiger partial charge >= 0.3 is 5.69 Å². The first kappa shape index (κ1) is 17.1. The van der Waals surface area contributed by atoms with Gasteiger partial charge in [-0.3, -0.25) is 4.79 Å². The topological polar surface area (TPSA) is 125 Å². The summed E-state index contributed by atoms with van der Waals surface area (Å²) in [5.41, 5.74) is 0.630. The molecule has 1 aliphatic heterocycles. The third kappa shape index (κ3) is 2.52. The second-order valence-corrected chi connectivity index (χ2v) is 6.93. The van der Waals surface area contributed by atoms with Crippen molar-refractivity contribution in [2.45, 2.75) is 24.5 Å². The number of rotatable bonds is 3. The Bertz CT molecular complexity index is 1060. The Hall–Kier alpha value is -2.30. The smallest absolute Gasteiger partial charge is 0.331 e. The number of nitrogens with one attached hydrogen (secondary N) is 1. The number of ether oxygens (including phenoxy) is 1. The highest BCUT2D eigenvalue weighted by Gasteiger charge is 2.44. The zero-order valence-corrected chi connectivity index (χ0v) is 14.2. The number of benzene rings is 1. The third-order valence-corrected chi connectivity index (χ3v) is 5.48. The highest BCUT2D eigenvalue weighted by atomic mass is 32.1.